The first-order valence-electron chi connectivity index (χ1n) is 17.6. The second-order valence-electron chi connectivity index (χ2n) is 11.7. The molecule has 0 aliphatic carbocycles. The van der Waals surface area contributed by atoms with E-state index in [1.165, 1.54) is 21.5 Å². The van der Waals surface area contributed by atoms with Crippen LogP contribution in [0.15, 0.2) is 158 Å². The predicted octanol–water partition coefficient (Wildman–Crippen LogP) is 12.5. The van der Waals surface area contributed by atoms with Crippen molar-refractivity contribution in [2.24, 2.45) is 0 Å². The second kappa shape index (κ2) is 9.29. The third-order valence-corrected chi connectivity index (χ3v) is 9.23. The first-order valence-corrected chi connectivity index (χ1v) is 15.1. The van der Waals surface area contributed by atoms with E-state index in [1.807, 2.05) is 42.5 Å². The van der Waals surface area contributed by atoms with Crippen molar-refractivity contribution >= 4 is 43.1 Å². The molecule has 1 heterocycles. The van der Waals surface area contributed by atoms with Gasteiger partial charge in [0.15, 0.2) is 0 Å². The molecule has 0 bridgehead atoms. The normalized spacial score (nSPS) is 13.7. The molecular formula is C44H26O. The van der Waals surface area contributed by atoms with Crippen molar-refractivity contribution in [3.8, 4) is 56.0 Å². The molecule has 0 unspecified atom stereocenters. The summed E-state index contributed by atoms with van der Waals surface area (Å²) in [5.74, 6) is 1.61. The Bertz CT molecular complexity index is 2870. The van der Waals surface area contributed by atoms with Crippen molar-refractivity contribution in [3.05, 3.63) is 158 Å². The highest BCUT2D eigenvalue weighted by Crippen LogP contribution is 2.48. The summed E-state index contributed by atoms with van der Waals surface area (Å²) in [6.45, 7) is 0. The third-order valence-electron chi connectivity index (χ3n) is 9.23. The van der Waals surface area contributed by atoms with Crippen molar-refractivity contribution in [2.45, 2.75) is 0 Å². The monoisotopic (exact) mass is 575 g/mol. The highest BCUT2D eigenvalue weighted by atomic mass is 16.5. The van der Waals surface area contributed by atoms with Crippen LogP contribution in [0.25, 0.3) is 87.6 Å². The largest absolute Gasteiger partial charge is 0.456 e. The lowest BCUT2D eigenvalue weighted by Crippen LogP contribution is -1.97. The molecule has 1 heteroatoms. The Hall–Kier alpha value is -5.92. The van der Waals surface area contributed by atoms with Crippen molar-refractivity contribution in [1.29, 1.82) is 0 Å². The van der Waals surface area contributed by atoms with E-state index in [0.717, 1.165) is 66.4 Å². The van der Waals surface area contributed by atoms with E-state index in [-0.39, 0.29) is 29.7 Å². The summed E-state index contributed by atoms with van der Waals surface area (Å²) in [5.41, 5.74) is 6.55. The fourth-order valence-corrected chi connectivity index (χ4v) is 7.23. The molecule has 0 N–H and O–H groups in total. The Labute approximate surface area is 267 Å². The topological polar surface area (TPSA) is 9.23 Å². The summed E-state index contributed by atoms with van der Waals surface area (Å²) in [4.78, 5) is 0. The van der Waals surface area contributed by atoms with Crippen LogP contribution in [-0.4, -0.2) is 0 Å². The molecule has 0 saturated carbocycles. The first kappa shape index (κ1) is 20.1. The van der Waals surface area contributed by atoms with Gasteiger partial charge in [-0.15, -0.1) is 0 Å². The van der Waals surface area contributed by atoms with E-state index < -0.39 is 6.04 Å². The van der Waals surface area contributed by atoms with Crippen LogP contribution in [0.3, 0.4) is 0 Å². The molecular weight excluding hydrogens is 544 g/mol. The van der Waals surface area contributed by atoms with Gasteiger partial charge in [-0.05, 0) is 119 Å². The predicted molar refractivity (Wildman–Crippen MR) is 189 cm³/mol. The quantitative estimate of drug-likeness (QED) is 0.190. The van der Waals surface area contributed by atoms with Gasteiger partial charge in [0.25, 0.3) is 0 Å². The van der Waals surface area contributed by atoms with Crippen molar-refractivity contribution in [3.63, 3.8) is 0 Å². The Kier molecular flexibility index (Phi) is 4.15. The smallest absolute Gasteiger partial charge is 0.135 e. The lowest BCUT2D eigenvalue weighted by Gasteiger charge is -2.22. The molecule has 0 saturated heterocycles. The van der Waals surface area contributed by atoms with Gasteiger partial charge in [-0.1, -0.05) is 115 Å². The Morgan fingerprint density at radius 3 is 1.89 bits per heavy atom. The van der Waals surface area contributed by atoms with Gasteiger partial charge in [0.2, 0.25) is 0 Å². The van der Waals surface area contributed by atoms with E-state index in [0.29, 0.717) is 5.56 Å². The van der Waals surface area contributed by atoms with Gasteiger partial charge in [0.05, 0.1) is 6.85 Å². The summed E-state index contributed by atoms with van der Waals surface area (Å²) in [5, 5.41) is 9.09. The average molecular weight is 576 g/mol. The Balaban J connectivity index is 1.29. The number of rotatable bonds is 3. The third kappa shape index (κ3) is 3.68. The minimum Gasteiger partial charge on any atom is -0.456 e. The zero-order chi connectivity index (χ0) is 33.8. The summed E-state index contributed by atoms with van der Waals surface area (Å²) in [7, 11) is 0. The molecule has 0 atom stereocenters. The van der Waals surface area contributed by atoms with Crippen LogP contribution in [-0.2, 0) is 0 Å². The summed E-state index contributed by atoms with van der Waals surface area (Å²) in [6.07, 6.45) is 0. The van der Waals surface area contributed by atoms with Crippen LogP contribution < -0.4 is 4.74 Å². The lowest BCUT2D eigenvalue weighted by atomic mass is 9.86. The van der Waals surface area contributed by atoms with Gasteiger partial charge in [-0.2, -0.15) is 0 Å². The van der Waals surface area contributed by atoms with E-state index in [1.54, 1.807) is 0 Å². The fourth-order valence-electron chi connectivity index (χ4n) is 7.23. The zero-order valence-corrected chi connectivity index (χ0v) is 24.0. The average Bonchev–Trinajstić information content (AvgIpc) is 3.15. The molecule has 1 nitrogen and oxygen atoms in total. The second-order valence-corrected chi connectivity index (χ2v) is 11.7. The van der Waals surface area contributed by atoms with Gasteiger partial charge >= 0.3 is 0 Å². The molecule has 208 valence electrons. The Morgan fingerprint density at radius 2 is 1.02 bits per heavy atom. The molecule has 9 aromatic carbocycles. The molecule has 10 rings (SSSR count). The molecule has 9 aromatic rings. The number of hydrogen-bond donors (Lipinski definition) is 0. The fraction of sp³-hybridized carbons (Fsp3) is 0. The molecule has 0 radical (unpaired) electrons. The SMILES string of the molecule is [2H]c1c([2H])c([2H])c(-c2cc(-c3cc4c5c(cccc5c3)Oc3ccccc3-4)cc(-c3ccc4ccc5cccc6ccc3c4c56)c2)c([2H])c1[2H]. The van der Waals surface area contributed by atoms with Gasteiger partial charge in [-0.25, -0.2) is 0 Å². The highest BCUT2D eigenvalue weighted by molar-refractivity contribution is 6.25. The standard InChI is InChI=1S/C44H26O/c1-2-8-27(9-3-1)32-23-33(34-22-31-12-7-15-41-43(31)39(26-34)37-13-4-5-14-40(37)45-41)25-35(24-32)36-20-18-30-17-16-28-10-6-11-29-19-21-38(36)44(30)42(28)29/h1-26H/i1D,2D,3D,8D,9D. The van der Waals surface area contributed by atoms with E-state index in [4.69, 9.17) is 11.6 Å². The molecule has 0 aromatic heterocycles. The minimum absolute atomic E-state index is 0.181. The highest BCUT2D eigenvalue weighted by Gasteiger charge is 2.21. The van der Waals surface area contributed by atoms with Crippen molar-refractivity contribution in [2.75, 3.05) is 0 Å². The van der Waals surface area contributed by atoms with Crippen LogP contribution in [0, 0.1) is 0 Å². The summed E-state index contributed by atoms with van der Waals surface area (Å²) in [6, 6.07) is 42.3. The van der Waals surface area contributed by atoms with Crippen LogP contribution in [0.5, 0.6) is 11.5 Å². The van der Waals surface area contributed by atoms with E-state index >= 15 is 0 Å². The maximum atomic E-state index is 8.89. The maximum absolute atomic E-state index is 8.89. The molecule has 0 amide bonds. The van der Waals surface area contributed by atoms with Gasteiger partial charge < -0.3 is 4.74 Å². The molecule has 1 aliphatic heterocycles. The lowest BCUT2D eigenvalue weighted by molar-refractivity contribution is 0.487. The van der Waals surface area contributed by atoms with Gasteiger partial charge in [-0.3, -0.25) is 0 Å². The van der Waals surface area contributed by atoms with E-state index in [2.05, 4.69) is 84.9 Å². The van der Waals surface area contributed by atoms with Crippen molar-refractivity contribution < 1.29 is 11.6 Å². The van der Waals surface area contributed by atoms with Gasteiger partial charge in [0, 0.05) is 10.9 Å². The molecule has 45 heavy (non-hydrogen) atoms. The van der Waals surface area contributed by atoms with Crippen LogP contribution in [0.2, 0.25) is 0 Å². The van der Waals surface area contributed by atoms with Crippen LogP contribution >= 0.6 is 0 Å². The zero-order valence-electron chi connectivity index (χ0n) is 29.0. The van der Waals surface area contributed by atoms with Crippen molar-refractivity contribution in [1.82, 2.24) is 0 Å². The molecule has 0 fully saturated rings. The van der Waals surface area contributed by atoms with Crippen LogP contribution in [0.4, 0.5) is 0 Å². The van der Waals surface area contributed by atoms with Gasteiger partial charge in [0.1, 0.15) is 11.5 Å². The maximum Gasteiger partial charge on any atom is 0.135 e. The molecule has 0 spiro atoms. The summed E-state index contributed by atoms with van der Waals surface area (Å²) < 4.78 is 49.3. The van der Waals surface area contributed by atoms with E-state index in [9.17, 15) is 0 Å². The number of benzene rings is 9. The summed E-state index contributed by atoms with van der Waals surface area (Å²) >= 11 is 0. The molecule has 1 aliphatic rings. The Morgan fingerprint density at radius 1 is 0.378 bits per heavy atom. The number of hydrogen-bond acceptors (Lipinski definition) is 1. The first-order chi connectivity index (χ1) is 24.4. The number of para-hydroxylation sites is 1. The number of ether oxygens (including phenoxy) is 1. The minimum atomic E-state index is -0.405. The van der Waals surface area contributed by atoms with Crippen LogP contribution in [0.1, 0.15) is 6.85 Å². The number of fused-ring (bicyclic) bond motifs is 2.